The van der Waals surface area contributed by atoms with E-state index in [0.29, 0.717) is 30.6 Å². The van der Waals surface area contributed by atoms with Crippen LogP contribution in [0.1, 0.15) is 6.42 Å². The van der Waals surface area contributed by atoms with Crippen molar-refractivity contribution in [3.8, 4) is 29.0 Å². The Morgan fingerprint density at radius 2 is 1.91 bits per heavy atom. The predicted molar refractivity (Wildman–Crippen MR) is 115 cm³/mol. The van der Waals surface area contributed by atoms with Gasteiger partial charge in [-0.15, -0.1) is 0 Å². The quantitative estimate of drug-likeness (QED) is 0.481. The second-order valence-electron chi connectivity index (χ2n) is 7.12. The molecule has 162 valence electrons. The molecule has 1 unspecified atom stereocenters. The fourth-order valence-corrected chi connectivity index (χ4v) is 3.18. The molecule has 3 aromatic heterocycles. The Kier molecular flexibility index (Phi) is 5.30. The minimum absolute atomic E-state index is 0.0286. The average molecular weight is 432 g/mol. The Hall–Kier alpha value is -4.12. The Morgan fingerprint density at radius 3 is 2.66 bits per heavy atom. The van der Waals surface area contributed by atoms with Crippen LogP contribution >= 0.6 is 0 Å². The fourth-order valence-electron chi connectivity index (χ4n) is 3.18. The van der Waals surface area contributed by atoms with Crippen molar-refractivity contribution in [2.24, 2.45) is 0 Å². The molecule has 0 aliphatic carbocycles. The lowest BCUT2D eigenvalue weighted by Crippen LogP contribution is -2.16. The largest absolute Gasteiger partial charge is 0.472 e. The van der Waals surface area contributed by atoms with Gasteiger partial charge in [-0.2, -0.15) is 19.9 Å². The van der Waals surface area contributed by atoms with E-state index in [0.717, 1.165) is 12.1 Å². The summed E-state index contributed by atoms with van der Waals surface area (Å²) < 4.78 is 16.5. The summed E-state index contributed by atoms with van der Waals surface area (Å²) in [7, 11) is 1.84. The monoisotopic (exact) mass is 432 g/mol. The number of nitrogens with zero attached hydrogens (tertiary/aromatic N) is 7. The van der Waals surface area contributed by atoms with Crippen LogP contribution in [-0.2, 0) is 4.74 Å². The van der Waals surface area contributed by atoms with Gasteiger partial charge in [0.2, 0.25) is 29.4 Å². The molecule has 0 amide bonds. The van der Waals surface area contributed by atoms with E-state index >= 15 is 0 Å². The lowest BCUT2D eigenvalue weighted by molar-refractivity contribution is 0.138. The van der Waals surface area contributed by atoms with Gasteiger partial charge in [-0.05, 0) is 18.2 Å². The Labute approximate surface area is 183 Å². The van der Waals surface area contributed by atoms with Gasteiger partial charge >= 0.3 is 0 Å². The third-order valence-electron chi connectivity index (χ3n) is 4.87. The normalized spacial score (nSPS) is 15.6. The number of hydrogen-bond donors (Lipinski definition) is 1. The zero-order valence-electron chi connectivity index (χ0n) is 17.3. The Morgan fingerprint density at radius 1 is 1.03 bits per heavy atom. The number of benzene rings is 1. The molecule has 1 fully saturated rings. The first-order chi connectivity index (χ1) is 15.7. The first-order valence-corrected chi connectivity index (χ1v) is 10.0. The highest BCUT2D eigenvalue weighted by atomic mass is 16.5. The molecule has 1 aromatic carbocycles. The zero-order valence-corrected chi connectivity index (χ0v) is 17.3. The number of anilines is 3. The molecular formula is C21H20N8O3. The first kappa shape index (κ1) is 19.8. The van der Waals surface area contributed by atoms with Crippen LogP contribution in [0.4, 0.5) is 17.6 Å². The van der Waals surface area contributed by atoms with Gasteiger partial charge in [0.25, 0.3) is 5.89 Å². The molecule has 1 aliphatic heterocycles. The van der Waals surface area contributed by atoms with E-state index in [-0.39, 0.29) is 29.6 Å². The Bertz CT molecular complexity index is 1190. The van der Waals surface area contributed by atoms with E-state index in [1.807, 2.05) is 37.4 Å². The van der Waals surface area contributed by atoms with Crippen LogP contribution in [0, 0.1) is 0 Å². The van der Waals surface area contributed by atoms with E-state index in [4.69, 9.17) is 19.7 Å². The summed E-state index contributed by atoms with van der Waals surface area (Å²) >= 11 is 0. The molecular weight excluding hydrogens is 412 g/mol. The van der Waals surface area contributed by atoms with Gasteiger partial charge in [0.1, 0.15) is 6.10 Å². The van der Waals surface area contributed by atoms with Crippen molar-refractivity contribution in [3.05, 3.63) is 48.7 Å². The van der Waals surface area contributed by atoms with Crippen molar-refractivity contribution >= 4 is 17.6 Å². The van der Waals surface area contributed by atoms with Crippen LogP contribution in [0.5, 0.6) is 5.88 Å². The highest BCUT2D eigenvalue weighted by molar-refractivity contribution is 5.60. The maximum absolute atomic E-state index is 5.91. The molecule has 11 heteroatoms. The third-order valence-corrected chi connectivity index (χ3v) is 4.87. The summed E-state index contributed by atoms with van der Waals surface area (Å²) in [5.41, 5.74) is 7.45. The molecule has 2 N–H and O–H groups in total. The first-order valence-electron chi connectivity index (χ1n) is 10.0. The maximum Gasteiger partial charge on any atom is 0.259 e. The van der Waals surface area contributed by atoms with Crippen molar-refractivity contribution in [2.45, 2.75) is 12.5 Å². The van der Waals surface area contributed by atoms with Crippen molar-refractivity contribution in [2.75, 3.05) is 30.9 Å². The van der Waals surface area contributed by atoms with Gasteiger partial charge < -0.3 is 24.6 Å². The van der Waals surface area contributed by atoms with E-state index < -0.39 is 0 Å². The Balaban J connectivity index is 1.37. The highest BCUT2D eigenvalue weighted by Gasteiger charge is 2.19. The zero-order chi connectivity index (χ0) is 21.9. The van der Waals surface area contributed by atoms with Gasteiger partial charge in [0.15, 0.2) is 0 Å². The molecule has 4 aromatic rings. The predicted octanol–water partition coefficient (Wildman–Crippen LogP) is 2.50. The van der Waals surface area contributed by atoms with Crippen molar-refractivity contribution in [1.29, 1.82) is 0 Å². The molecule has 32 heavy (non-hydrogen) atoms. The average Bonchev–Trinajstić information content (AvgIpc) is 3.52. The summed E-state index contributed by atoms with van der Waals surface area (Å²) in [6, 6.07) is 13.2. The molecule has 0 bridgehead atoms. The topological polar surface area (TPSA) is 138 Å². The van der Waals surface area contributed by atoms with E-state index in [2.05, 4.69) is 30.1 Å². The van der Waals surface area contributed by atoms with Crippen molar-refractivity contribution < 1.29 is 14.0 Å². The smallest absolute Gasteiger partial charge is 0.259 e. The SMILES string of the molecule is CN(c1ccccc1)c1nc(N)nc(-c2noc(-c3ccc(OC4CCOC4)nc3)n2)n1. The summed E-state index contributed by atoms with van der Waals surface area (Å²) in [6.45, 7) is 1.28. The number of nitrogen functional groups attached to an aromatic ring is 1. The number of ether oxygens (including phenoxy) is 2. The van der Waals surface area contributed by atoms with Crippen molar-refractivity contribution in [3.63, 3.8) is 0 Å². The van der Waals surface area contributed by atoms with Gasteiger partial charge in [-0.1, -0.05) is 23.4 Å². The molecule has 11 nitrogen and oxygen atoms in total. The lowest BCUT2D eigenvalue weighted by Gasteiger charge is -2.17. The standard InChI is InChI=1S/C21H20N8O3/c1-29(14-5-3-2-4-6-14)21-26-17(25-20(22)27-21)18-24-19(32-28-18)13-7-8-16(23-11-13)31-15-9-10-30-12-15/h2-8,11,15H,9-10,12H2,1H3,(H2,22,25,26,27). The van der Waals surface area contributed by atoms with Gasteiger partial charge in [-0.25, -0.2) is 4.98 Å². The number of para-hydroxylation sites is 1. The van der Waals surface area contributed by atoms with Crippen LogP contribution < -0.4 is 15.4 Å². The summed E-state index contributed by atoms with van der Waals surface area (Å²) in [5, 5.41) is 3.99. The number of hydrogen-bond acceptors (Lipinski definition) is 11. The minimum Gasteiger partial charge on any atom is -0.472 e. The molecule has 4 heterocycles. The number of nitrogens with two attached hydrogens (primary N) is 1. The number of pyridine rings is 1. The lowest BCUT2D eigenvalue weighted by atomic mass is 10.3. The molecule has 0 saturated carbocycles. The maximum atomic E-state index is 5.91. The second kappa shape index (κ2) is 8.55. The van der Waals surface area contributed by atoms with Gasteiger partial charge in [0.05, 0.1) is 18.8 Å². The summed E-state index contributed by atoms with van der Waals surface area (Å²) in [6.07, 6.45) is 2.49. The molecule has 1 saturated heterocycles. The van der Waals surface area contributed by atoms with Gasteiger partial charge in [-0.3, -0.25) is 0 Å². The minimum atomic E-state index is 0.0286. The van der Waals surface area contributed by atoms with Crippen LogP contribution in [-0.4, -0.2) is 56.4 Å². The molecule has 1 aliphatic rings. The second-order valence-corrected chi connectivity index (χ2v) is 7.12. The number of rotatable bonds is 6. The van der Waals surface area contributed by atoms with Crippen LogP contribution in [0.25, 0.3) is 23.1 Å². The molecule has 5 rings (SSSR count). The van der Waals surface area contributed by atoms with Crippen LogP contribution in [0.2, 0.25) is 0 Å². The van der Waals surface area contributed by atoms with Gasteiger partial charge in [0, 0.05) is 31.4 Å². The van der Waals surface area contributed by atoms with E-state index in [9.17, 15) is 0 Å². The van der Waals surface area contributed by atoms with Crippen molar-refractivity contribution in [1.82, 2.24) is 30.1 Å². The van der Waals surface area contributed by atoms with Crippen LogP contribution in [0.15, 0.2) is 53.2 Å². The van der Waals surface area contributed by atoms with E-state index in [1.54, 1.807) is 23.2 Å². The fraction of sp³-hybridized carbons (Fsp3) is 0.238. The van der Waals surface area contributed by atoms with E-state index in [1.165, 1.54) is 0 Å². The molecule has 0 spiro atoms. The number of aromatic nitrogens is 6. The summed E-state index contributed by atoms with van der Waals surface area (Å²) in [4.78, 5) is 23.3. The molecule has 0 radical (unpaired) electrons. The third kappa shape index (κ3) is 4.18. The molecule has 1 atom stereocenters. The highest BCUT2D eigenvalue weighted by Crippen LogP contribution is 2.25. The van der Waals surface area contributed by atoms with Crippen LogP contribution in [0.3, 0.4) is 0 Å². The summed E-state index contributed by atoms with van der Waals surface area (Å²) in [5.74, 6) is 1.62.